The molecular formula is C23H19N3O8S. The van der Waals surface area contributed by atoms with Gasteiger partial charge in [0, 0.05) is 22.6 Å². The first-order valence-corrected chi connectivity index (χ1v) is 11.3. The summed E-state index contributed by atoms with van der Waals surface area (Å²) >= 11 is 1.35. The number of non-ortho nitro benzene ring substituents is 1. The Hall–Kier alpha value is -4.45. The highest BCUT2D eigenvalue weighted by Crippen LogP contribution is 2.31. The predicted octanol–water partition coefficient (Wildman–Crippen LogP) is 3.94. The van der Waals surface area contributed by atoms with E-state index in [1.165, 1.54) is 47.7 Å². The van der Waals surface area contributed by atoms with Crippen LogP contribution in [0, 0.1) is 10.1 Å². The lowest BCUT2D eigenvalue weighted by Gasteiger charge is -2.28. The fourth-order valence-electron chi connectivity index (χ4n) is 3.41. The average molecular weight is 497 g/mol. The number of ether oxygens (including phenoxy) is 2. The van der Waals surface area contributed by atoms with Crippen LogP contribution in [0.2, 0.25) is 0 Å². The molecule has 1 aliphatic heterocycles. The molecule has 0 radical (unpaired) electrons. The van der Waals surface area contributed by atoms with Gasteiger partial charge < -0.3 is 24.5 Å². The molecule has 3 heterocycles. The molecule has 1 aromatic carbocycles. The van der Waals surface area contributed by atoms with E-state index in [-0.39, 0.29) is 29.3 Å². The van der Waals surface area contributed by atoms with Crippen LogP contribution >= 0.6 is 11.3 Å². The number of urea groups is 1. The van der Waals surface area contributed by atoms with Gasteiger partial charge in [0.2, 0.25) is 5.76 Å². The van der Waals surface area contributed by atoms with Gasteiger partial charge in [0.15, 0.2) is 0 Å². The summed E-state index contributed by atoms with van der Waals surface area (Å²) in [6.45, 7) is 1.38. The summed E-state index contributed by atoms with van der Waals surface area (Å²) in [6.07, 6.45) is 0. The zero-order valence-corrected chi connectivity index (χ0v) is 19.1. The molecule has 180 valence electrons. The van der Waals surface area contributed by atoms with E-state index in [0.29, 0.717) is 16.2 Å². The fraction of sp³-hybridized carbons (Fsp3) is 0.174. The summed E-state index contributed by atoms with van der Waals surface area (Å²) in [7, 11) is 0. The molecule has 3 aromatic rings. The van der Waals surface area contributed by atoms with Crippen molar-refractivity contribution in [1.82, 2.24) is 10.6 Å². The second-order valence-corrected chi connectivity index (χ2v) is 8.18. The van der Waals surface area contributed by atoms with Gasteiger partial charge in [0.05, 0.1) is 28.8 Å². The Morgan fingerprint density at radius 1 is 1.11 bits per heavy atom. The van der Waals surface area contributed by atoms with E-state index in [1.807, 2.05) is 5.38 Å². The highest BCUT2D eigenvalue weighted by Gasteiger charge is 2.35. The lowest BCUT2D eigenvalue weighted by atomic mass is 10.0. The number of carbonyl (C=O) groups excluding carboxylic acids is 3. The number of thiophene rings is 1. The summed E-state index contributed by atoms with van der Waals surface area (Å²) in [6, 6.07) is 10.8. The standard InChI is InChI=1S/C23H19N3O8S/c1-2-32-22(28)19-15(24-23(29)25-20(19)18-4-3-11-35-18)12-33-21(27)17-10-9-16(34-17)13-5-7-14(8-6-13)26(30)31/h3-11,20H,2,12H2,1H3,(H2,24,25,29). The van der Waals surface area contributed by atoms with Crippen LogP contribution in [-0.4, -0.2) is 36.1 Å². The van der Waals surface area contributed by atoms with E-state index in [4.69, 9.17) is 13.9 Å². The molecule has 0 fully saturated rings. The van der Waals surface area contributed by atoms with Crippen molar-refractivity contribution in [1.29, 1.82) is 0 Å². The number of nitro groups is 1. The Bertz CT molecular complexity index is 1290. The molecule has 2 amide bonds. The van der Waals surface area contributed by atoms with Crippen molar-refractivity contribution in [3.8, 4) is 11.3 Å². The topological polar surface area (TPSA) is 150 Å². The number of carbonyl (C=O) groups is 3. The number of esters is 2. The average Bonchev–Trinajstić information content (AvgIpc) is 3.55. The molecule has 35 heavy (non-hydrogen) atoms. The molecule has 4 rings (SSSR count). The number of nitro benzene ring substituents is 1. The first-order chi connectivity index (χ1) is 16.9. The van der Waals surface area contributed by atoms with Crippen molar-refractivity contribution in [2.75, 3.05) is 13.2 Å². The number of furan rings is 1. The zero-order chi connectivity index (χ0) is 24.9. The van der Waals surface area contributed by atoms with Crippen molar-refractivity contribution < 1.29 is 33.2 Å². The maximum absolute atomic E-state index is 12.7. The van der Waals surface area contributed by atoms with Gasteiger partial charge >= 0.3 is 18.0 Å². The van der Waals surface area contributed by atoms with Gasteiger partial charge in [-0.05, 0) is 42.6 Å². The van der Waals surface area contributed by atoms with Crippen LogP contribution in [0.5, 0.6) is 0 Å². The minimum absolute atomic E-state index is 0.0736. The van der Waals surface area contributed by atoms with Crippen molar-refractivity contribution >= 4 is 35.0 Å². The van der Waals surface area contributed by atoms with Gasteiger partial charge in [-0.1, -0.05) is 6.07 Å². The molecule has 0 aliphatic carbocycles. The largest absolute Gasteiger partial charge is 0.463 e. The summed E-state index contributed by atoms with van der Waals surface area (Å²) < 4.78 is 16.0. The maximum atomic E-state index is 12.7. The quantitative estimate of drug-likeness (QED) is 0.270. The van der Waals surface area contributed by atoms with Gasteiger partial charge in [-0.25, -0.2) is 14.4 Å². The van der Waals surface area contributed by atoms with Crippen LogP contribution in [0.3, 0.4) is 0 Å². The molecule has 1 unspecified atom stereocenters. The highest BCUT2D eigenvalue weighted by molar-refractivity contribution is 7.10. The molecule has 0 saturated heterocycles. The van der Waals surface area contributed by atoms with Crippen molar-refractivity contribution in [2.45, 2.75) is 13.0 Å². The number of nitrogens with zero attached hydrogens (tertiary/aromatic N) is 1. The number of hydrogen-bond acceptors (Lipinski definition) is 9. The summed E-state index contributed by atoms with van der Waals surface area (Å²) in [5.74, 6) is -1.28. The molecule has 0 saturated carbocycles. The van der Waals surface area contributed by atoms with Gasteiger partial charge in [-0.15, -0.1) is 11.3 Å². The first kappa shape index (κ1) is 23.7. The number of nitrogens with one attached hydrogen (secondary N) is 2. The van der Waals surface area contributed by atoms with Gasteiger partial charge in [-0.2, -0.15) is 0 Å². The number of benzene rings is 1. The van der Waals surface area contributed by atoms with E-state index >= 15 is 0 Å². The molecule has 2 aromatic heterocycles. The highest BCUT2D eigenvalue weighted by atomic mass is 32.1. The molecular weight excluding hydrogens is 478 g/mol. The molecule has 1 atom stereocenters. The van der Waals surface area contributed by atoms with Gasteiger partial charge in [0.25, 0.3) is 5.69 Å². The number of amides is 2. The van der Waals surface area contributed by atoms with Crippen LogP contribution in [-0.2, 0) is 14.3 Å². The first-order valence-electron chi connectivity index (χ1n) is 10.4. The van der Waals surface area contributed by atoms with E-state index in [9.17, 15) is 24.5 Å². The minimum Gasteiger partial charge on any atom is -0.463 e. The lowest BCUT2D eigenvalue weighted by Crippen LogP contribution is -2.46. The van der Waals surface area contributed by atoms with Crippen molar-refractivity contribution in [2.24, 2.45) is 0 Å². The summed E-state index contributed by atoms with van der Waals surface area (Å²) in [5, 5.41) is 17.8. The molecule has 11 nitrogen and oxygen atoms in total. The number of rotatable bonds is 8. The Morgan fingerprint density at radius 3 is 2.54 bits per heavy atom. The van der Waals surface area contributed by atoms with E-state index in [0.717, 1.165) is 0 Å². The second-order valence-electron chi connectivity index (χ2n) is 7.20. The van der Waals surface area contributed by atoms with Crippen molar-refractivity contribution in [3.63, 3.8) is 0 Å². The molecule has 0 spiro atoms. The molecule has 0 bridgehead atoms. The smallest absolute Gasteiger partial charge is 0.374 e. The van der Waals surface area contributed by atoms with Crippen LogP contribution in [0.15, 0.2) is 69.6 Å². The van der Waals surface area contributed by atoms with Crippen LogP contribution < -0.4 is 10.6 Å². The molecule has 1 aliphatic rings. The Balaban J connectivity index is 1.53. The van der Waals surface area contributed by atoms with Crippen LogP contribution in [0.1, 0.15) is 28.4 Å². The Morgan fingerprint density at radius 2 is 1.89 bits per heavy atom. The summed E-state index contributed by atoms with van der Waals surface area (Å²) in [5.41, 5.74) is 0.690. The second kappa shape index (κ2) is 10.2. The molecule has 2 N–H and O–H groups in total. The fourth-order valence-corrected chi connectivity index (χ4v) is 4.19. The van der Waals surface area contributed by atoms with Gasteiger partial charge in [0.1, 0.15) is 12.4 Å². The normalized spacial score (nSPS) is 15.2. The third-order valence-corrected chi connectivity index (χ3v) is 5.93. The monoisotopic (exact) mass is 497 g/mol. The predicted molar refractivity (Wildman–Crippen MR) is 123 cm³/mol. The number of hydrogen-bond donors (Lipinski definition) is 2. The van der Waals surface area contributed by atoms with E-state index < -0.39 is 35.5 Å². The third-order valence-electron chi connectivity index (χ3n) is 4.99. The minimum atomic E-state index is -0.825. The SMILES string of the molecule is CCOC(=O)C1=C(COC(=O)c2ccc(-c3ccc([N+](=O)[O-])cc3)o2)NC(=O)NC1c1cccs1. The van der Waals surface area contributed by atoms with Crippen LogP contribution in [0.25, 0.3) is 11.3 Å². The summed E-state index contributed by atoms with van der Waals surface area (Å²) in [4.78, 5) is 48.5. The Kier molecular flexibility index (Phi) is 6.92. The third kappa shape index (κ3) is 5.22. The van der Waals surface area contributed by atoms with Crippen LogP contribution in [0.4, 0.5) is 10.5 Å². The molecule has 12 heteroatoms. The van der Waals surface area contributed by atoms with E-state index in [2.05, 4.69) is 10.6 Å². The zero-order valence-electron chi connectivity index (χ0n) is 18.3. The van der Waals surface area contributed by atoms with E-state index in [1.54, 1.807) is 19.1 Å². The maximum Gasteiger partial charge on any atom is 0.374 e. The Labute approximate surface area is 202 Å². The van der Waals surface area contributed by atoms with Gasteiger partial charge in [-0.3, -0.25) is 10.1 Å². The lowest BCUT2D eigenvalue weighted by molar-refractivity contribution is -0.384. The van der Waals surface area contributed by atoms with Crippen molar-refractivity contribution in [3.05, 3.63) is 85.9 Å².